The second kappa shape index (κ2) is 7.83. The lowest BCUT2D eigenvalue weighted by Crippen LogP contribution is -2.56. The third-order valence-electron chi connectivity index (χ3n) is 8.42. The molecule has 2 N–H and O–H groups in total. The fourth-order valence-corrected chi connectivity index (χ4v) is 7.38. The Morgan fingerprint density at radius 1 is 1.14 bits per heavy atom. The molecule has 0 spiro atoms. The Balaban J connectivity index is 2.24. The fourth-order valence-electron chi connectivity index (χ4n) is 5.90. The molecule has 0 amide bonds. The van der Waals surface area contributed by atoms with Crippen LogP contribution in [0.3, 0.4) is 0 Å². The van der Waals surface area contributed by atoms with E-state index >= 15 is 0 Å². The molecular weight excluding hydrogens is 364 g/mol. The fraction of sp³-hybridized carbons (Fsp3) is 0.917. The number of aliphatic hydroxyl groups excluding tert-OH is 2. The smallest absolute Gasteiger partial charge is 0.192 e. The molecule has 164 valence electrons. The van der Waals surface area contributed by atoms with Crippen LogP contribution < -0.4 is 0 Å². The van der Waals surface area contributed by atoms with Gasteiger partial charge in [-0.15, -0.1) is 0 Å². The van der Waals surface area contributed by atoms with Crippen LogP contribution in [0.5, 0.6) is 0 Å². The number of hydrogen-bond acceptors (Lipinski definition) is 3. The molecule has 2 aliphatic carbocycles. The zero-order valence-electron chi connectivity index (χ0n) is 20.1. The Kier molecular flexibility index (Phi) is 6.74. The van der Waals surface area contributed by atoms with Crippen LogP contribution in [0.4, 0.5) is 0 Å². The van der Waals surface area contributed by atoms with Crippen LogP contribution in [-0.2, 0) is 4.43 Å². The minimum absolute atomic E-state index is 0.0266. The molecule has 0 aromatic heterocycles. The van der Waals surface area contributed by atoms with Crippen molar-refractivity contribution in [2.75, 3.05) is 0 Å². The summed E-state index contributed by atoms with van der Waals surface area (Å²) >= 11 is 0. The molecule has 2 aliphatic rings. The summed E-state index contributed by atoms with van der Waals surface area (Å²) in [5.41, 5.74) is 2.40. The van der Waals surface area contributed by atoms with E-state index in [2.05, 4.69) is 61.6 Å². The Hall–Kier alpha value is -0.163. The van der Waals surface area contributed by atoms with Crippen molar-refractivity contribution in [2.24, 2.45) is 16.7 Å². The minimum atomic E-state index is -1.78. The highest BCUT2D eigenvalue weighted by Crippen LogP contribution is 2.60. The predicted octanol–water partition coefficient (Wildman–Crippen LogP) is 6.06. The van der Waals surface area contributed by atoms with Crippen molar-refractivity contribution in [1.29, 1.82) is 0 Å². The Morgan fingerprint density at radius 3 is 2.25 bits per heavy atom. The van der Waals surface area contributed by atoms with Crippen molar-refractivity contribution in [1.82, 2.24) is 0 Å². The van der Waals surface area contributed by atoms with E-state index in [1.165, 1.54) is 12.0 Å². The number of aliphatic hydroxyl groups is 2. The second-order valence-corrected chi connectivity index (χ2v) is 16.8. The Bertz CT molecular complexity index is 601. The van der Waals surface area contributed by atoms with Crippen molar-refractivity contribution in [2.45, 2.75) is 124 Å². The highest BCUT2D eigenvalue weighted by Gasteiger charge is 2.56. The summed E-state index contributed by atoms with van der Waals surface area (Å²) in [5, 5.41) is 22.0. The molecule has 0 aliphatic heterocycles. The van der Waals surface area contributed by atoms with Gasteiger partial charge in [0.15, 0.2) is 8.32 Å². The van der Waals surface area contributed by atoms with Gasteiger partial charge in [-0.05, 0) is 74.1 Å². The van der Waals surface area contributed by atoms with Gasteiger partial charge in [-0.1, -0.05) is 53.5 Å². The van der Waals surface area contributed by atoms with Crippen molar-refractivity contribution >= 4 is 8.32 Å². The average Bonchev–Trinajstić information content (AvgIpc) is 2.50. The van der Waals surface area contributed by atoms with Gasteiger partial charge in [0, 0.05) is 12.0 Å². The minimum Gasteiger partial charge on any atom is -0.414 e. The van der Waals surface area contributed by atoms with Crippen LogP contribution in [0.1, 0.15) is 87.5 Å². The predicted molar refractivity (Wildman–Crippen MR) is 121 cm³/mol. The number of hydrogen-bond donors (Lipinski definition) is 2. The van der Waals surface area contributed by atoms with Crippen molar-refractivity contribution in [3.63, 3.8) is 0 Å². The monoisotopic (exact) mass is 410 g/mol. The molecule has 0 heterocycles. The topological polar surface area (TPSA) is 49.7 Å². The summed E-state index contributed by atoms with van der Waals surface area (Å²) in [6.45, 7) is 22.6. The molecule has 0 radical (unpaired) electrons. The maximum atomic E-state index is 11.0. The van der Waals surface area contributed by atoms with Gasteiger partial charge in [-0.2, -0.15) is 0 Å². The molecule has 28 heavy (non-hydrogen) atoms. The molecule has 1 saturated carbocycles. The van der Waals surface area contributed by atoms with Gasteiger partial charge in [0.2, 0.25) is 0 Å². The first-order valence-corrected chi connectivity index (χ1v) is 14.2. The summed E-state index contributed by atoms with van der Waals surface area (Å²) in [6.07, 6.45) is 4.16. The molecule has 0 saturated heterocycles. The highest BCUT2D eigenvalue weighted by molar-refractivity contribution is 6.74. The quantitative estimate of drug-likeness (QED) is 0.428. The number of fused-ring (bicyclic) bond motifs is 1. The second-order valence-electron chi connectivity index (χ2n) is 12.1. The molecule has 0 aromatic rings. The van der Waals surface area contributed by atoms with Crippen LogP contribution in [0, 0.1) is 16.7 Å². The van der Waals surface area contributed by atoms with Crippen molar-refractivity contribution < 1.29 is 14.6 Å². The largest absolute Gasteiger partial charge is 0.414 e. The average molecular weight is 411 g/mol. The zero-order valence-corrected chi connectivity index (χ0v) is 21.1. The summed E-state index contributed by atoms with van der Waals surface area (Å²) in [4.78, 5) is 0. The maximum Gasteiger partial charge on any atom is 0.192 e. The Morgan fingerprint density at radius 2 is 1.71 bits per heavy atom. The van der Waals surface area contributed by atoms with E-state index < -0.39 is 20.5 Å². The molecular formula is C24H46O3Si. The van der Waals surface area contributed by atoms with Crippen LogP contribution in [0.25, 0.3) is 0 Å². The summed E-state index contributed by atoms with van der Waals surface area (Å²) < 4.78 is 6.59. The van der Waals surface area contributed by atoms with Gasteiger partial charge >= 0.3 is 0 Å². The molecule has 1 fully saturated rings. The van der Waals surface area contributed by atoms with Gasteiger partial charge in [0.1, 0.15) is 6.10 Å². The lowest BCUT2D eigenvalue weighted by Gasteiger charge is -2.58. The molecule has 5 atom stereocenters. The normalized spacial score (nSPS) is 34.9. The molecule has 1 unspecified atom stereocenters. The first kappa shape index (κ1) is 24.1. The third-order valence-corrected chi connectivity index (χ3v) is 13.0. The van der Waals surface area contributed by atoms with E-state index in [1.54, 1.807) is 0 Å². The van der Waals surface area contributed by atoms with Crippen LogP contribution in [-0.4, -0.2) is 36.8 Å². The van der Waals surface area contributed by atoms with Crippen molar-refractivity contribution in [3.05, 3.63) is 11.1 Å². The lowest BCUT2D eigenvalue weighted by molar-refractivity contribution is -0.117. The molecule has 4 heteroatoms. The van der Waals surface area contributed by atoms with Crippen LogP contribution >= 0.6 is 0 Å². The lowest BCUT2D eigenvalue weighted by atomic mass is 9.48. The van der Waals surface area contributed by atoms with E-state index in [4.69, 9.17) is 4.43 Å². The van der Waals surface area contributed by atoms with Gasteiger partial charge in [-0.3, -0.25) is 0 Å². The number of rotatable bonds is 5. The van der Waals surface area contributed by atoms with E-state index in [1.807, 2.05) is 6.92 Å². The first-order valence-electron chi connectivity index (χ1n) is 11.3. The molecule has 0 aromatic carbocycles. The van der Waals surface area contributed by atoms with E-state index in [0.29, 0.717) is 0 Å². The van der Waals surface area contributed by atoms with E-state index in [-0.39, 0.29) is 27.9 Å². The Labute approximate surface area is 175 Å². The molecule has 3 nitrogen and oxygen atoms in total. The molecule has 0 bridgehead atoms. The SMILES string of the molecule is CC1=C(CCC(C)O[Si](C)(C)C(C)(C)C)[C@@]2(C)CCCC(C)(C)[C@@H]2[C@H](O)[C@@H]1O. The highest BCUT2D eigenvalue weighted by atomic mass is 28.4. The summed E-state index contributed by atoms with van der Waals surface area (Å²) in [6, 6.07) is 0. The van der Waals surface area contributed by atoms with E-state index in [9.17, 15) is 10.2 Å². The number of allylic oxidation sites excluding steroid dienone is 1. The maximum absolute atomic E-state index is 11.0. The zero-order chi connectivity index (χ0) is 21.7. The van der Waals surface area contributed by atoms with Gasteiger partial charge in [0.25, 0.3) is 0 Å². The van der Waals surface area contributed by atoms with Gasteiger partial charge < -0.3 is 14.6 Å². The summed E-state index contributed by atoms with van der Waals surface area (Å²) in [5.74, 6) is 0.110. The van der Waals surface area contributed by atoms with E-state index in [0.717, 1.165) is 31.3 Å². The summed E-state index contributed by atoms with van der Waals surface area (Å²) in [7, 11) is -1.78. The van der Waals surface area contributed by atoms with Crippen LogP contribution in [0.2, 0.25) is 18.1 Å². The van der Waals surface area contributed by atoms with Gasteiger partial charge in [0.05, 0.1) is 6.10 Å². The standard InChI is InChI=1S/C24H46O3Si/c1-16(27-28(9,10)22(3,4)5)12-13-18-17(2)19(25)20(26)21-23(6,7)14-11-15-24(18,21)8/h16,19-21,25-26H,11-15H2,1-10H3/t16?,19-,20-,21+,24-/m1/s1. The third kappa shape index (κ3) is 4.31. The van der Waals surface area contributed by atoms with Gasteiger partial charge in [-0.25, -0.2) is 0 Å². The molecule has 2 rings (SSSR count). The van der Waals surface area contributed by atoms with Crippen LogP contribution in [0.15, 0.2) is 11.1 Å². The first-order chi connectivity index (χ1) is 12.5. The van der Waals surface area contributed by atoms with Crippen molar-refractivity contribution in [3.8, 4) is 0 Å².